The molecular weight excluding hydrogens is 223 g/mol. The van der Waals surface area contributed by atoms with Crippen LogP contribution in [-0.2, 0) is 0 Å². The normalized spacial score (nSPS) is 10.1. The molecule has 0 aliphatic carbocycles. The summed E-state index contributed by atoms with van der Waals surface area (Å²) in [5, 5.41) is 17.6. The highest BCUT2D eigenvalue weighted by molar-refractivity contribution is 6.64. The highest BCUT2D eigenvalue weighted by atomic mass is 35.5. The van der Waals surface area contributed by atoms with Crippen LogP contribution in [0.3, 0.4) is 0 Å². The van der Waals surface area contributed by atoms with Gasteiger partial charge in [0.15, 0.2) is 0 Å². The molecule has 0 atom stereocenters. The quantitative estimate of drug-likeness (QED) is 0.548. The molecule has 0 saturated carbocycles. The Morgan fingerprint density at radius 2 is 1.75 bits per heavy atom. The third kappa shape index (κ3) is 1.84. The molecule has 0 fully saturated rings. The van der Waals surface area contributed by atoms with Gasteiger partial charge < -0.3 is 10.0 Å². The maximum atomic E-state index is 8.75. The van der Waals surface area contributed by atoms with Gasteiger partial charge in [-0.05, 0) is 0 Å². The van der Waals surface area contributed by atoms with Gasteiger partial charge in [0, 0.05) is 11.7 Å². The summed E-state index contributed by atoms with van der Waals surface area (Å²) in [7, 11) is -1.69. The van der Waals surface area contributed by atoms with Crippen molar-refractivity contribution in [3.8, 4) is 0 Å². The standard InChI is InChI=1S/C5H3BCl3NO2/c7-3-2(6(11)12)1-10-5(9)4(3)8/h1,11-12H. The molecule has 1 aromatic rings. The van der Waals surface area contributed by atoms with E-state index in [1.54, 1.807) is 0 Å². The van der Waals surface area contributed by atoms with Crippen molar-refractivity contribution >= 4 is 47.4 Å². The lowest BCUT2D eigenvalue weighted by molar-refractivity contribution is 0.425. The molecule has 3 nitrogen and oxygen atoms in total. The van der Waals surface area contributed by atoms with Crippen LogP contribution in [0, 0.1) is 0 Å². The number of nitrogens with zero attached hydrogens (tertiary/aromatic N) is 1. The molecule has 0 aliphatic heterocycles. The molecule has 1 heterocycles. The van der Waals surface area contributed by atoms with Crippen LogP contribution < -0.4 is 5.46 Å². The molecule has 0 radical (unpaired) electrons. The molecule has 2 N–H and O–H groups in total. The van der Waals surface area contributed by atoms with Crippen LogP contribution in [0.15, 0.2) is 6.20 Å². The summed E-state index contributed by atoms with van der Waals surface area (Å²) in [5.74, 6) is 0. The van der Waals surface area contributed by atoms with E-state index in [1.165, 1.54) is 0 Å². The molecule has 0 spiro atoms. The molecule has 1 rings (SSSR count). The van der Waals surface area contributed by atoms with Gasteiger partial charge in [0.1, 0.15) is 5.15 Å². The van der Waals surface area contributed by atoms with Crippen LogP contribution in [0.4, 0.5) is 0 Å². The van der Waals surface area contributed by atoms with Crippen molar-refractivity contribution in [1.29, 1.82) is 0 Å². The molecule has 1 aromatic heterocycles. The fourth-order valence-electron chi connectivity index (χ4n) is 0.637. The highest BCUT2D eigenvalue weighted by Gasteiger charge is 2.19. The first-order valence-electron chi connectivity index (χ1n) is 2.89. The van der Waals surface area contributed by atoms with Crippen molar-refractivity contribution in [1.82, 2.24) is 4.98 Å². The number of hydrogen-bond donors (Lipinski definition) is 2. The fraction of sp³-hybridized carbons (Fsp3) is 0. The Bertz CT molecular complexity index is 307. The first-order valence-corrected chi connectivity index (χ1v) is 4.03. The molecule has 7 heteroatoms. The van der Waals surface area contributed by atoms with E-state index < -0.39 is 7.12 Å². The summed E-state index contributed by atoms with van der Waals surface area (Å²) in [6.07, 6.45) is 1.15. The zero-order valence-corrected chi connectivity index (χ0v) is 7.90. The van der Waals surface area contributed by atoms with Crippen LogP contribution in [0.2, 0.25) is 15.2 Å². The van der Waals surface area contributed by atoms with Gasteiger partial charge in [0.25, 0.3) is 0 Å². The minimum absolute atomic E-state index is 0.00617. The number of aromatic nitrogens is 1. The first kappa shape index (κ1) is 10.1. The predicted octanol–water partition coefficient (Wildman–Crippen LogP) is 0.722. The molecule has 0 aromatic carbocycles. The van der Waals surface area contributed by atoms with Gasteiger partial charge in [-0.3, -0.25) is 0 Å². The second kappa shape index (κ2) is 3.81. The smallest absolute Gasteiger partial charge is 0.423 e. The molecule has 0 saturated heterocycles. The van der Waals surface area contributed by atoms with Crippen molar-refractivity contribution < 1.29 is 10.0 Å². The average molecular weight is 226 g/mol. The van der Waals surface area contributed by atoms with E-state index in [9.17, 15) is 0 Å². The largest absolute Gasteiger partial charge is 0.491 e. The topological polar surface area (TPSA) is 53.4 Å². The number of pyridine rings is 1. The summed E-state index contributed by atoms with van der Waals surface area (Å²) in [6, 6.07) is 0. The zero-order chi connectivity index (χ0) is 9.30. The predicted molar refractivity (Wildman–Crippen MR) is 49.1 cm³/mol. The van der Waals surface area contributed by atoms with Gasteiger partial charge in [-0.1, -0.05) is 34.8 Å². The van der Waals surface area contributed by atoms with Crippen LogP contribution in [0.5, 0.6) is 0 Å². The summed E-state index contributed by atoms with van der Waals surface area (Å²) in [6.45, 7) is 0. The maximum Gasteiger partial charge on any atom is 0.491 e. The van der Waals surface area contributed by atoms with Gasteiger partial charge in [-0.15, -0.1) is 0 Å². The van der Waals surface area contributed by atoms with Crippen molar-refractivity contribution in [3.63, 3.8) is 0 Å². The summed E-state index contributed by atoms with van der Waals surface area (Å²) in [5.41, 5.74) is 0.0334. The second-order valence-electron chi connectivity index (χ2n) is 2.01. The molecular formula is C5H3BCl3NO2. The summed E-state index contributed by atoms with van der Waals surface area (Å²) in [4.78, 5) is 3.59. The van der Waals surface area contributed by atoms with Gasteiger partial charge >= 0.3 is 7.12 Å². The Kier molecular flexibility index (Phi) is 3.20. The Hall–Kier alpha value is 0.00494. The van der Waals surface area contributed by atoms with E-state index in [0.717, 1.165) is 6.20 Å². The van der Waals surface area contributed by atoms with Crippen molar-refractivity contribution in [2.45, 2.75) is 0 Å². The Labute approximate surface area is 84.0 Å². The lowest BCUT2D eigenvalue weighted by Crippen LogP contribution is -2.31. The maximum absolute atomic E-state index is 8.75. The molecule has 0 bridgehead atoms. The molecule has 12 heavy (non-hydrogen) atoms. The third-order valence-electron chi connectivity index (χ3n) is 1.22. The lowest BCUT2D eigenvalue weighted by Gasteiger charge is -2.04. The first-order chi connectivity index (χ1) is 5.54. The monoisotopic (exact) mass is 225 g/mol. The van der Waals surface area contributed by atoms with Crippen LogP contribution in [-0.4, -0.2) is 22.2 Å². The molecule has 0 amide bonds. The van der Waals surface area contributed by atoms with E-state index >= 15 is 0 Å². The SMILES string of the molecule is OB(O)c1cnc(Cl)c(Cl)c1Cl. The Morgan fingerprint density at radius 3 is 2.25 bits per heavy atom. The van der Waals surface area contributed by atoms with Crippen molar-refractivity contribution in [2.75, 3.05) is 0 Å². The fourth-order valence-corrected chi connectivity index (χ4v) is 1.22. The molecule has 0 unspecified atom stereocenters. The minimum atomic E-state index is -1.69. The van der Waals surface area contributed by atoms with Crippen LogP contribution in [0.1, 0.15) is 0 Å². The van der Waals surface area contributed by atoms with Gasteiger partial charge in [0.05, 0.1) is 10.0 Å². The second-order valence-corrected chi connectivity index (χ2v) is 3.12. The number of rotatable bonds is 1. The van der Waals surface area contributed by atoms with E-state index in [0.29, 0.717) is 0 Å². The summed E-state index contributed by atoms with van der Waals surface area (Å²) >= 11 is 16.7. The lowest BCUT2D eigenvalue weighted by atomic mass is 9.82. The molecule has 0 aliphatic rings. The third-order valence-corrected chi connectivity index (χ3v) is 2.48. The van der Waals surface area contributed by atoms with E-state index in [1.807, 2.05) is 0 Å². The van der Waals surface area contributed by atoms with Gasteiger partial charge in [-0.25, -0.2) is 4.98 Å². The van der Waals surface area contributed by atoms with Gasteiger partial charge in [-0.2, -0.15) is 0 Å². The van der Waals surface area contributed by atoms with Crippen molar-refractivity contribution in [3.05, 3.63) is 21.4 Å². The highest BCUT2D eigenvalue weighted by Crippen LogP contribution is 2.25. The van der Waals surface area contributed by atoms with E-state index in [-0.39, 0.29) is 20.7 Å². The Balaban J connectivity index is 3.27. The molecule has 64 valence electrons. The zero-order valence-electron chi connectivity index (χ0n) is 5.63. The number of halogens is 3. The van der Waals surface area contributed by atoms with Crippen LogP contribution in [0.25, 0.3) is 0 Å². The minimum Gasteiger partial charge on any atom is -0.423 e. The van der Waals surface area contributed by atoms with E-state index in [2.05, 4.69) is 4.98 Å². The van der Waals surface area contributed by atoms with Crippen LogP contribution >= 0.6 is 34.8 Å². The average Bonchev–Trinajstić information content (AvgIpc) is 2.00. The number of hydrogen-bond acceptors (Lipinski definition) is 3. The summed E-state index contributed by atoms with van der Waals surface area (Å²) < 4.78 is 0. The van der Waals surface area contributed by atoms with E-state index in [4.69, 9.17) is 44.9 Å². The van der Waals surface area contributed by atoms with Crippen molar-refractivity contribution in [2.24, 2.45) is 0 Å². The van der Waals surface area contributed by atoms with Gasteiger partial charge in [0.2, 0.25) is 0 Å². The Morgan fingerprint density at radius 1 is 1.17 bits per heavy atom.